The third kappa shape index (κ3) is 14.8. The SMILES string of the molecule is CNC(=O)c1nn(-c2c[c-]ccc2S(=O)(=O)[O-])[c-]c1/C=C/C(=C/C=C1\C(=O)N(c2c[c-]ccc2S(=O)(=O)[O-])N=C1C(=O)CN)N1CCCC1=O.[K+].[K+].[K+].[K+].[K+].[OH-]. The molecule has 3 aromatic rings. The molecule has 1 saturated heterocycles. The van der Waals surface area contributed by atoms with E-state index in [1.165, 1.54) is 42.3 Å². The third-order valence-corrected chi connectivity index (χ3v) is 9.05. The molecule has 0 atom stereocenters. The Labute approximate surface area is 535 Å². The number of likely N-dealkylation sites (tertiary alicyclic amines) is 1. The number of carbonyl (C=O) groups is 4. The molecule has 2 aromatic carbocycles. The molecule has 1 aromatic heterocycles. The van der Waals surface area contributed by atoms with Crippen molar-refractivity contribution in [1.29, 1.82) is 0 Å². The van der Waals surface area contributed by atoms with Crippen LogP contribution in [0.25, 0.3) is 11.8 Å². The summed E-state index contributed by atoms with van der Waals surface area (Å²) >= 11 is 0. The van der Waals surface area contributed by atoms with Crippen molar-refractivity contribution in [1.82, 2.24) is 20.0 Å². The predicted molar refractivity (Wildman–Crippen MR) is 173 cm³/mol. The number of aromatic nitrogens is 2. The van der Waals surface area contributed by atoms with E-state index in [-0.39, 0.29) is 309 Å². The quantitative estimate of drug-likeness (QED) is 0.0595. The van der Waals surface area contributed by atoms with Gasteiger partial charge in [0.25, 0.3) is 5.91 Å². The summed E-state index contributed by atoms with van der Waals surface area (Å²) in [6, 6.07) is 11.7. The molecule has 0 saturated carbocycles. The fraction of sp³-hybridized carbons (Fsp3) is 0.161. The van der Waals surface area contributed by atoms with Gasteiger partial charge in [0.05, 0.1) is 17.8 Å². The van der Waals surface area contributed by atoms with E-state index < -0.39 is 65.6 Å². The van der Waals surface area contributed by atoms with E-state index in [0.717, 1.165) is 35.0 Å². The van der Waals surface area contributed by atoms with Gasteiger partial charge in [0.2, 0.25) is 11.8 Å². The van der Waals surface area contributed by atoms with E-state index in [2.05, 4.69) is 33.8 Å². The predicted octanol–water partition coefficient (Wildman–Crippen LogP) is -15.3. The normalized spacial score (nSPS) is 14.8. The summed E-state index contributed by atoms with van der Waals surface area (Å²) in [5.41, 5.74) is 4.00. The summed E-state index contributed by atoms with van der Waals surface area (Å²) in [7, 11) is -8.72. The Morgan fingerprint density at radius 2 is 1.54 bits per heavy atom. The second kappa shape index (κ2) is 27.0. The number of Topliss-reactive ketones (excluding diaryl/α,β-unsaturated/α-hetero) is 1. The molecule has 25 heteroatoms. The number of benzene rings is 2. The monoisotopic (exact) mass is 930 g/mol. The first-order chi connectivity index (χ1) is 23.6. The first-order valence-corrected chi connectivity index (χ1v) is 17.2. The molecule has 0 spiro atoms. The van der Waals surface area contributed by atoms with Gasteiger partial charge in [-0.25, -0.2) is 21.9 Å². The average Bonchev–Trinajstić information content (AvgIpc) is 3.80. The Morgan fingerprint density at radius 1 is 0.964 bits per heavy atom. The second-order valence-electron chi connectivity index (χ2n) is 10.4. The van der Waals surface area contributed by atoms with Crippen molar-refractivity contribution >= 4 is 61.2 Å². The van der Waals surface area contributed by atoms with Crippen LogP contribution in [-0.4, -0.2) is 95.5 Å². The first-order valence-electron chi connectivity index (χ1n) is 14.4. The summed E-state index contributed by atoms with van der Waals surface area (Å²) < 4.78 is 72.2. The van der Waals surface area contributed by atoms with Crippen LogP contribution in [0.4, 0.5) is 5.69 Å². The van der Waals surface area contributed by atoms with Crippen molar-refractivity contribution in [2.24, 2.45) is 10.8 Å². The number of rotatable bonds is 11. The average molecular weight is 931 g/mol. The summed E-state index contributed by atoms with van der Waals surface area (Å²) in [5.74, 6) is -2.78. The zero-order valence-electron chi connectivity index (χ0n) is 31.3. The number of anilines is 1. The first kappa shape index (κ1) is 60.6. The fourth-order valence-corrected chi connectivity index (χ4v) is 6.23. The molecule has 5 rings (SSSR count). The van der Waals surface area contributed by atoms with E-state index >= 15 is 0 Å². The van der Waals surface area contributed by atoms with Gasteiger partial charge >= 0.3 is 257 Å². The minimum absolute atomic E-state index is 0. The number of ketones is 1. The zero-order valence-corrected chi connectivity index (χ0v) is 48.5. The molecule has 1 fully saturated rings. The van der Waals surface area contributed by atoms with Crippen LogP contribution in [0.2, 0.25) is 0 Å². The molecule has 3 heterocycles. The number of hydrogen-bond acceptors (Lipinski definition) is 14. The third-order valence-electron chi connectivity index (χ3n) is 7.28. The number of nitrogens with zero attached hydrogens (tertiary/aromatic N) is 5. The van der Waals surface area contributed by atoms with Crippen LogP contribution in [0.1, 0.15) is 28.9 Å². The van der Waals surface area contributed by atoms with Gasteiger partial charge in [-0.1, -0.05) is 11.6 Å². The topological polar surface area (TPSA) is 287 Å². The number of hydrazone groups is 1. The van der Waals surface area contributed by atoms with E-state index in [9.17, 15) is 45.1 Å². The largest absolute Gasteiger partial charge is 1.00 e. The molecule has 56 heavy (non-hydrogen) atoms. The zero-order chi connectivity index (χ0) is 36.4. The molecule has 18 nitrogen and oxygen atoms in total. The molecule has 3 amide bonds. The number of hydrogen-bond donors (Lipinski definition) is 2. The maximum absolute atomic E-state index is 13.6. The Balaban J connectivity index is 0. The van der Waals surface area contributed by atoms with Gasteiger partial charge in [-0.05, 0) is 45.9 Å². The van der Waals surface area contributed by atoms with Crippen molar-refractivity contribution in [3.05, 3.63) is 95.5 Å². The van der Waals surface area contributed by atoms with Crippen molar-refractivity contribution in [2.45, 2.75) is 22.6 Å². The van der Waals surface area contributed by atoms with E-state index in [1.807, 2.05) is 0 Å². The fourth-order valence-electron chi connectivity index (χ4n) is 4.96. The van der Waals surface area contributed by atoms with Crippen LogP contribution in [-0.2, 0) is 34.6 Å². The van der Waals surface area contributed by atoms with E-state index in [1.54, 1.807) is 0 Å². The summed E-state index contributed by atoms with van der Waals surface area (Å²) in [6.07, 6.45) is 8.57. The molecule has 0 unspecified atom stereocenters. The van der Waals surface area contributed by atoms with Crippen molar-refractivity contribution in [3.8, 4) is 5.69 Å². The van der Waals surface area contributed by atoms with Crippen molar-refractivity contribution in [3.63, 3.8) is 0 Å². The minimum atomic E-state index is -5.08. The van der Waals surface area contributed by atoms with Crippen LogP contribution in [0.5, 0.6) is 0 Å². The summed E-state index contributed by atoms with van der Waals surface area (Å²) in [4.78, 5) is 51.8. The van der Waals surface area contributed by atoms with Crippen molar-refractivity contribution in [2.75, 3.05) is 25.1 Å². The van der Waals surface area contributed by atoms with Gasteiger partial charge in [-0.15, -0.1) is 18.2 Å². The number of allylic oxidation sites excluding steroid dienone is 3. The van der Waals surface area contributed by atoms with Gasteiger partial charge in [0, 0.05) is 25.7 Å². The van der Waals surface area contributed by atoms with Crippen LogP contribution >= 0.6 is 0 Å². The number of nitrogens with two attached hydrogens (primary N) is 1. The molecule has 4 N–H and O–H groups in total. The van der Waals surface area contributed by atoms with Gasteiger partial charge in [-0.3, -0.25) is 24.2 Å². The molecule has 2 aliphatic rings. The number of carbonyl (C=O) groups excluding carboxylic acids is 4. The van der Waals surface area contributed by atoms with Crippen LogP contribution in [0.3, 0.4) is 0 Å². The maximum atomic E-state index is 13.6. The molecular weight excluding hydrogens is 906 g/mol. The Kier molecular flexibility index (Phi) is 29.2. The summed E-state index contributed by atoms with van der Waals surface area (Å²) in [6.45, 7) is -0.329. The number of nitrogens with one attached hydrogen (secondary N) is 1. The standard InChI is InChI=1S/C31H26N7O10S2.5K.H2O/c1-33-30(41)28-19(18-37(34-28)22-7-2-4-9-25(22)49(43,44)45)12-13-20(36-16-6-11-27(36)40)14-15-21-29(24(39)17-32)35-38(31(21)42)23-8-3-5-10-26(23)50(46,47)48;;;;;;/h4-5,7-10,12-15H,6,11,16-17,32H2,1H3,(H,33,41)(H,43,44,45)(H,46,47,48);;;;;;1H2/q-3;5*+1;/p-3/b13-12+,20-14-,21-15-;;;;;;. The Hall–Kier alpha value is 2.54. The molecule has 0 bridgehead atoms. The van der Waals surface area contributed by atoms with Gasteiger partial charge in [0.1, 0.15) is 25.9 Å². The van der Waals surface area contributed by atoms with Crippen molar-refractivity contribution < 1.29 is 308 Å². The Bertz CT molecular complexity index is 2300. The number of amides is 3. The molecule has 268 valence electrons. The summed E-state index contributed by atoms with van der Waals surface area (Å²) in [5, 5.41) is 11.0. The van der Waals surface area contributed by atoms with Gasteiger partial charge < -0.3 is 35.2 Å². The molecule has 0 radical (unpaired) electrons. The molecule has 2 aliphatic heterocycles. The molecule has 0 aliphatic carbocycles. The van der Waals surface area contributed by atoms with Crippen LogP contribution < -0.4 is 273 Å². The second-order valence-corrected chi connectivity index (χ2v) is 13.1. The van der Waals surface area contributed by atoms with Crippen LogP contribution in [0.15, 0.2) is 80.8 Å². The van der Waals surface area contributed by atoms with E-state index in [4.69, 9.17) is 5.73 Å². The van der Waals surface area contributed by atoms with Gasteiger partial charge in [0.15, 0.2) is 5.78 Å². The Morgan fingerprint density at radius 3 is 2.05 bits per heavy atom. The smallest absolute Gasteiger partial charge is 0.870 e. The molecular formula is C31H25K5N7O11S2-. The van der Waals surface area contributed by atoms with E-state index in [0.29, 0.717) is 11.4 Å². The van der Waals surface area contributed by atoms with Gasteiger partial charge in [-0.2, -0.15) is 41.5 Å². The van der Waals surface area contributed by atoms with Crippen LogP contribution in [0, 0.1) is 18.3 Å². The maximum Gasteiger partial charge on any atom is 1.00 e. The minimum Gasteiger partial charge on any atom is -0.870 e.